The van der Waals surface area contributed by atoms with Crippen molar-refractivity contribution in [1.29, 1.82) is 0 Å². The average Bonchev–Trinajstić information content (AvgIpc) is 3.11. The van der Waals surface area contributed by atoms with Crippen molar-refractivity contribution in [3.05, 3.63) is 22.4 Å². The van der Waals surface area contributed by atoms with Crippen LogP contribution in [0.1, 0.15) is 24.3 Å². The number of nitrogens with zero attached hydrogens (tertiary/aromatic N) is 2. The predicted molar refractivity (Wildman–Crippen MR) is 122 cm³/mol. The highest BCUT2D eigenvalue weighted by atomic mass is 127. The quantitative estimate of drug-likeness (QED) is 0.250. The molecule has 1 saturated heterocycles. The number of hydrogen-bond acceptors (Lipinski definition) is 5. The summed E-state index contributed by atoms with van der Waals surface area (Å²) >= 11 is 3.70. The molecule has 0 aliphatic carbocycles. The summed E-state index contributed by atoms with van der Waals surface area (Å²) in [6, 6.07) is 4.72. The number of rotatable bonds is 8. The van der Waals surface area contributed by atoms with E-state index in [0.717, 1.165) is 45.2 Å². The Labute approximate surface area is 177 Å². The Hall–Kier alpha value is -0.0300. The third-order valence-corrected chi connectivity index (χ3v) is 5.76. The number of hydrogen-bond donors (Lipinski definition) is 2. The van der Waals surface area contributed by atoms with Crippen molar-refractivity contribution >= 4 is 53.0 Å². The molecule has 1 aliphatic heterocycles. The minimum Gasteiger partial charge on any atom is -0.376 e. The normalized spacial score (nSPS) is 20.0. The maximum absolute atomic E-state index is 5.70. The second-order valence-corrected chi connectivity index (χ2v) is 7.90. The molecule has 2 unspecified atom stereocenters. The molecule has 1 aliphatic rings. The van der Waals surface area contributed by atoms with Crippen LogP contribution in [0.25, 0.3) is 0 Å². The first kappa shape index (κ1) is 23.0. The summed E-state index contributed by atoms with van der Waals surface area (Å²) in [7, 11) is 1.83. The smallest absolute Gasteiger partial charge is 0.191 e. The van der Waals surface area contributed by atoms with Gasteiger partial charge in [-0.2, -0.15) is 11.8 Å². The van der Waals surface area contributed by atoms with Gasteiger partial charge in [-0.1, -0.05) is 6.07 Å². The number of halogens is 1. The molecular weight excluding hydrogens is 467 g/mol. The fourth-order valence-electron chi connectivity index (χ4n) is 2.86. The van der Waals surface area contributed by atoms with E-state index in [1.807, 2.05) is 30.1 Å². The Kier molecular flexibility index (Phi) is 12.1. The minimum atomic E-state index is 0. The lowest BCUT2D eigenvalue weighted by molar-refractivity contribution is -0.0334. The first-order chi connectivity index (χ1) is 11.7. The van der Waals surface area contributed by atoms with Gasteiger partial charge in [0, 0.05) is 38.1 Å². The third-order valence-electron chi connectivity index (χ3n) is 4.09. The molecule has 1 aromatic rings. The molecule has 2 atom stereocenters. The summed E-state index contributed by atoms with van der Waals surface area (Å²) in [5.74, 6) is 2.06. The van der Waals surface area contributed by atoms with Gasteiger partial charge in [0.05, 0.1) is 18.8 Å². The highest BCUT2D eigenvalue weighted by Gasteiger charge is 2.26. The fourth-order valence-corrected chi connectivity index (χ4v) is 4.15. The molecule has 0 radical (unpaired) electrons. The molecule has 0 amide bonds. The first-order valence-corrected chi connectivity index (χ1v) is 10.8. The number of nitrogens with one attached hydrogen (secondary N) is 2. The first-order valence-electron chi connectivity index (χ1n) is 8.57. The molecule has 5 nitrogen and oxygen atoms in total. The summed E-state index contributed by atoms with van der Waals surface area (Å²) in [4.78, 5) is 8.27. The second kappa shape index (κ2) is 13.2. The molecule has 2 heterocycles. The molecule has 1 fully saturated rings. The van der Waals surface area contributed by atoms with E-state index in [1.54, 1.807) is 0 Å². The molecule has 0 aromatic carbocycles. The van der Waals surface area contributed by atoms with Crippen molar-refractivity contribution in [3.63, 3.8) is 0 Å². The molecule has 0 spiro atoms. The molecular formula is C17H31IN4OS2. The van der Waals surface area contributed by atoms with E-state index in [2.05, 4.69) is 51.2 Å². The highest BCUT2D eigenvalue weighted by molar-refractivity contribution is 14.0. The Balaban J connectivity index is 0.00000312. The SMILES string of the molecule is CN=C(NCCCSC)NCC(c1cccs1)N1CCOC(C)C1.I. The van der Waals surface area contributed by atoms with Gasteiger partial charge in [0.15, 0.2) is 5.96 Å². The summed E-state index contributed by atoms with van der Waals surface area (Å²) in [6.45, 7) is 6.73. The second-order valence-electron chi connectivity index (χ2n) is 5.93. The van der Waals surface area contributed by atoms with E-state index in [-0.39, 0.29) is 24.0 Å². The number of morpholine rings is 1. The number of aliphatic imine (C=N–C) groups is 1. The predicted octanol–water partition coefficient (Wildman–Crippen LogP) is 3.05. The Morgan fingerprint density at radius 1 is 1.52 bits per heavy atom. The van der Waals surface area contributed by atoms with Crippen LogP contribution in [0.5, 0.6) is 0 Å². The van der Waals surface area contributed by atoms with Crippen LogP contribution in [0.2, 0.25) is 0 Å². The average molecular weight is 499 g/mol. The Morgan fingerprint density at radius 2 is 2.36 bits per heavy atom. The number of thioether (sulfide) groups is 1. The van der Waals surface area contributed by atoms with E-state index in [4.69, 9.17) is 4.74 Å². The van der Waals surface area contributed by atoms with E-state index < -0.39 is 0 Å². The number of thiophene rings is 1. The van der Waals surface area contributed by atoms with Crippen LogP contribution in [-0.4, -0.2) is 68.8 Å². The molecule has 0 bridgehead atoms. The highest BCUT2D eigenvalue weighted by Crippen LogP contribution is 2.26. The zero-order valence-electron chi connectivity index (χ0n) is 15.4. The largest absolute Gasteiger partial charge is 0.376 e. The maximum atomic E-state index is 5.70. The van der Waals surface area contributed by atoms with Crippen LogP contribution in [0.4, 0.5) is 0 Å². The summed E-state index contributed by atoms with van der Waals surface area (Å²) in [6.07, 6.45) is 3.59. The van der Waals surface area contributed by atoms with E-state index >= 15 is 0 Å². The van der Waals surface area contributed by atoms with E-state index in [0.29, 0.717) is 12.1 Å². The van der Waals surface area contributed by atoms with Crippen LogP contribution in [-0.2, 0) is 4.74 Å². The Morgan fingerprint density at radius 3 is 3.00 bits per heavy atom. The van der Waals surface area contributed by atoms with Gasteiger partial charge in [0.25, 0.3) is 0 Å². The van der Waals surface area contributed by atoms with Crippen LogP contribution >= 0.6 is 47.1 Å². The fraction of sp³-hybridized carbons (Fsp3) is 0.706. The lowest BCUT2D eigenvalue weighted by Crippen LogP contribution is -2.48. The molecule has 25 heavy (non-hydrogen) atoms. The van der Waals surface area contributed by atoms with Crippen molar-refractivity contribution < 1.29 is 4.74 Å². The molecule has 144 valence electrons. The third kappa shape index (κ3) is 8.03. The van der Waals surface area contributed by atoms with Gasteiger partial charge in [-0.3, -0.25) is 9.89 Å². The standard InChI is InChI=1S/C17H30N4OS2.HI/c1-14-13-21(8-9-22-14)15(16-6-4-11-24-16)12-20-17(18-2)19-7-5-10-23-3;/h4,6,11,14-15H,5,7-10,12-13H2,1-3H3,(H2,18,19,20);1H. The van der Waals surface area contributed by atoms with Gasteiger partial charge in [-0.25, -0.2) is 0 Å². The summed E-state index contributed by atoms with van der Waals surface area (Å²) in [5, 5.41) is 9.06. The van der Waals surface area contributed by atoms with Gasteiger partial charge < -0.3 is 15.4 Å². The van der Waals surface area contributed by atoms with Crippen LogP contribution in [0.3, 0.4) is 0 Å². The molecule has 2 N–H and O–H groups in total. The summed E-state index contributed by atoms with van der Waals surface area (Å²) in [5.41, 5.74) is 0. The van der Waals surface area contributed by atoms with Crippen LogP contribution < -0.4 is 10.6 Å². The van der Waals surface area contributed by atoms with Gasteiger partial charge >= 0.3 is 0 Å². The minimum absolute atomic E-state index is 0. The van der Waals surface area contributed by atoms with Crippen LogP contribution in [0.15, 0.2) is 22.5 Å². The van der Waals surface area contributed by atoms with Crippen LogP contribution in [0, 0.1) is 0 Å². The molecule has 0 saturated carbocycles. The van der Waals surface area contributed by atoms with E-state index in [1.165, 1.54) is 10.6 Å². The lowest BCUT2D eigenvalue weighted by Gasteiger charge is -2.37. The van der Waals surface area contributed by atoms with Crippen molar-refractivity contribution in [1.82, 2.24) is 15.5 Å². The topological polar surface area (TPSA) is 48.9 Å². The molecule has 1 aromatic heterocycles. The van der Waals surface area contributed by atoms with Crippen molar-refractivity contribution in [2.75, 3.05) is 51.8 Å². The molecule has 8 heteroatoms. The Bertz CT molecular complexity index is 487. The number of ether oxygens (including phenoxy) is 1. The molecule has 2 rings (SSSR count). The van der Waals surface area contributed by atoms with E-state index in [9.17, 15) is 0 Å². The zero-order valence-corrected chi connectivity index (χ0v) is 19.3. The summed E-state index contributed by atoms with van der Waals surface area (Å²) < 4.78 is 5.70. The lowest BCUT2D eigenvalue weighted by atomic mass is 10.1. The van der Waals surface area contributed by atoms with Crippen molar-refractivity contribution in [3.8, 4) is 0 Å². The van der Waals surface area contributed by atoms with Crippen molar-refractivity contribution in [2.45, 2.75) is 25.5 Å². The monoisotopic (exact) mass is 498 g/mol. The van der Waals surface area contributed by atoms with Gasteiger partial charge in [-0.05, 0) is 36.8 Å². The van der Waals surface area contributed by atoms with Gasteiger partial charge in [0.1, 0.15) is 0 Å². The van der Waals surface area contributed by atoms with Crippen molar-refractivity contribution in [2.24, 2.45) is 4.99 Å². The van der Waals surface area contributed by atoms with Gasteiger partial charge in [0.2, 0.25) is 0 Å². The maximum Gasteiger partial charge on any atom is 0.191 e. The number of guanidine groups is 1. The van der Waals surface area contributed by atoms with Gasteiger partial charge in [-0.15, -0.1) is 35.3 Å². The zero-order chi connectivity index (χ0) is 17.2.